The third-order valence-electron chi connectivity index (χ3n) is 4.32. The quantitative estimate of drug-likeness (QED) is 0.360. The first kappa shape index (κ1) is 17.3. The Balaban J connectivity index is 2.11. The van der Waals surface area contributed by atoms with E-state index < -0.39 is 18.4 Å². The summed E-state index contributed by atoms with van der Waals surface area (Å²) in [5.41, 5.74) is 8.96. The van der Waals surface area contributed by atoms with Gasteiger partial charge in [0.25, 0.3) is 0 Å². The zero-order valence-corrected chi connectivity index (χ0v) is 13.5. The molecule has 2 rings (SSSR count). The van der Waals surface area contributed by atoms with E-state index in [0.717, 1.165) is 0 Å². The Morgan fingerprint density at radius 3 is 2.61 bits per heavy atom. The van der Waals surface area contributed by atoms with Crippen LogP contribution in [0.4, 0.5) is 0 Å². The summed E-state index contributed by atoms with van der Waals surface area (Å²) in [6.45, 7) is 4.18. The van der Waals surface area contributed by atoms with Gasteiger partial charge in [-0.05, 0) is 23.6 Å². The fourth-order valence-electron chi connectivity index (χ4n) is 2.70. The molecular weight excluding hydrogens is 298 g/mol. The molecule has 23 heavy (non-hydrogen) atoms. The Morgan fingerprint density at radius 2 is 2.00 bits per heavy atom. The maximum atomic E-state index is 12.3. The van der Waals surface area contributed by atoms with Gasteiger partial charge in [0, 0.05) is 17.9 Å². The average Bonchev–Trinajstić information content (AvgIpc) is 2.59. The maximum Gasteiger partial charge on any atom is 0.338 e. The van der Waals surface area contributed by atoms with Gasteiger partial charge < -0.3 is 14.2 Å². The van der Waals surface area contributed by atoms with Crippen molar-refractivity contribution in [1.82, 2.24) is 0 Å². The van der Waals surface area contributed by atoms with Crippen molar-refractivity contribution in [3.05, 3.63) is 46.3 Å². The van der Waals surface area contributed by atoms with Gasteiger partial charge >= 0.3 is 5.97 Å². The minimum Gasteiger partial charge on any atom is -0.453 e. The van der Waals surface area contributed by atoms with Gasteiger partial charge in [0.15, 0.2) is 12.4 Å². The Kier molecular flexibility index (Phi) is 5.98. The summed E-state index contributed by atoms with van der Waals surface area (Å²) < 4.78 is 16.8. The number of azide groups is 1. The number of carbonyl (C=O) groups is 1. The number of hydrogen-bond donors (Lipinski definition) is 0. The van der Waals surface area contributed by atoms with Crippen LogP contribution in [-0.2, 0) is 14.2 Å². The van der Waals surface area contributed by atoms with E-state index in [4.69, 9.17) is 19.7 Å². The molecule has 1 heterocycles. The van der Waals surface area contributed by atoms with Crippen LogP contribution in [-0.4, -0.2) is 38.1 Å². The zero-order valence-electron chi connectivity index (χ0n) is 13.5. The summed E-state index contributed by atoms with van der Waals surface area (Å²) in [4.78, 5) is 15.0. The van der Waals surface area contributed by atoms with E-state index in [2.05, 4.69) is 10.0 Å². The van der Waals surface area contributed by atoms with Crippen molar-refractivity contribution >= 4 is 5.97 Å². The first-order valence-corrected chi connectivity index (χ1v) is 7.53. The second-order valence-electron chi connectivity index (χ2n) is 5.65. The summed E-state index contributed by atoms with van der Waals surface area (Å²) in [5.74, 6) is -0.352. The summed E-state index contributed by atoms with van der Waals surface area (Å²) in [5, 5.41) is 3.57. The standard InChI is InChI=1S/C16H21N3O4/c1-10-11(2)14(16(21-3)22-13(10)9-18-19-17)23-15(20)12-7-5-4-6-8-12/h4-8,10-11,13-14,16H,9H2,1-3H3/t10-,11+,13?,14?,16-/m1/s1. The highest BCUT2D eigenvalue weighted by molar-refractivity contribution is 5.89. The third kappa shape index (κ3) is 4.01. The molecule has 7 nitrogen and oxygen atoms in total. The molecule has 0 aliphatic carbocycles. The Morgan fingerprint density at radius 1 is 1.30 bits per heavy atom. The number of esters is 1. The molecule has 1 aliphatic rings. The maximum absolute atomic E-state index is 12.3. The van der Waals surface area contributed by atoms with Crippen LogP contribution < -0.4 is 0 Å². The molecule has 0 spiro atoms. The molecule has 0 N–H and O–H groups in total. The molecule has 1 aromatic rings. The van der Waals surface area contributed by atoms with E-state index in [9.17, 15) is 4.79 Å². The van der Waals surface area contributed by atoms with Crippen molar-refractivity contribution in [3.63, 3.8) is 0 Å². The first-order valence-electron chi connectivity index (χ1n) is 7.53. The fourth-order valence-corrected chi connectivity index (χ4v) is 2.70. The molecule has 7 heteroatoms. The summed E-state index contributed by atoms with van der Waals surface area (Å²) in [7, 11) is 1.50. The van der Waals surface area contributed by atoms with Crippen LogP contribution in [0.3, 0.4) is 0 Å². The van der Waals surface area contributed by atoms with Gasteiger partial charge in [0.1, 0.15) is 0 Å². The Bertz CT molecular complexity index is 572. The molecule has 124 valence electrons. The highest BCUT2D eigenvalue weighted by Crippen LogP contribution is 2.33. The monoisotopic (exact) mass is 319 g/mol. The van der Waals surface area contributed by atoms with Crippen molar-refractivity contribution < 1.29 is 19.0 Å². The summed E-state index contributed by atoms with van der Waals surface area (Å²) >= 11 is 0. The SMILES string of the molecule is CO[C@@H]1OC(CN=[N+]=[N-])[C@H](C)[C@H](C)C1OC(=O)c1ccccc1. The molecule has 0 radical (unpaired) electrons. The fraction of sp³-hybridized carbons (Fsp3) is 0.562. The van der Waals surface area contributed by atoms with Crippen molar-refractivity contribution in [3.8, 4) is 0 Å². The number of methoxy groups -OCH3 is 1. The highest BCUT2D eigenvalue weighted by Gasteiger charge is 2.43. The predicted molar refractivity (Wildman–Crippen MR) is 83.7 cm³/mol. The lowest BCUT2D eigenvalue weighted by Crippen LogP contribution is -2.52. The van der Waals surface area contributed by atoms with Gasteiger partial charge in [-0.2, -0.15) is 0 Å². The van der Waals surface area contributed by atoms with Gasteiger partial charge in [-0.1, -0.05) is 37.2 Å². The molecule has 1 aromatic carbocycles. The summed E-state index contributed by atoms with van der Waals surface area (Å²) in [6.07, 6.45) is -1.48. The number of hydrogen-bond acceptors (Lipinski definition) is 5. The van der Waals surface area contributed by atoms with Crippen LogP contribution in [0.5, 0.6) is 0 Å². The van der Waals surface area contributed by atoms with Crippen molar-refractivity contribution in [1.29, 1.82) is 0 Å². The summed E-state index contributed by atoms with van der Waals surface area (Å²) in [6, 6.07) is 8.80. The molecule has 0 saturated carbocycles. The normalized spacial score (nSPS) is 30.3. The average molecular weight is 319 g/mol. The topological polar surface area (TPSA) is 93.5 Å². The zero-order chi connectivity index (χ0) is 16.8. The molecule has 0 amide bonds. The molecule has 1 saturated heterocycles. The predicted octanol–water partition coefficient (Wildman–Crippen LogP) is 3.17. The lowest BCUT2D eigenvalue weighted by Gasteiger charge is -2.43. The highest BCUT2D eigenvalue weighted by atomic mass is 16.7. The molecule has 1 aliphatic heterocycles. The second kappa shape index (κ2) is 7.97. The van der Waals surface area contributed by atoms with E-state index in [0.29, 0.717) is 5.56 Å². The minimum atomic E-state index is -0.687. The lowest BCUT2D eigenvalue weighted by atomic mass is 9.83. The van der Waals surface area contributed by atoms with E-state index in [1.165, 1.54) is 7.11 Å². The van der Waals surface area contributed by atoms with Crippen LogP contribution >= 0.6 is 0 Å². The largest absolute Gasteiger partial charge is 0.453 e. The van der Waals surface area contributed by atoms with E-state index in [1.807, 2.05) is 19.9 Å². The van der Waals surface area contributed by atoms with Crippen LogP contribution in [0, 0.1) is 11.8 Å². The molecule has 5 atom stereocenters. The van der Waals surface area contributed by atoms with Crippen molar-refractivity contribution in [2.24, 2.45) is 17.0 Å². The Labute approximate surface area is 135 Å². The third-order valence-corrected chi connectivity index (χ3v) is 4.32. The van der Waals surface area contributed by atoms with Gasteiger partial charge in [-0.15, -0.1) is 0 Å². The first-order chi connectivity index (χ1) is 11.1. The molecule has 2 unspecified atom stereocenters. The number of carbonyl (C=O) groups excluding carboxylic acids is 1. The van der Waals surface area contributed by atoms with Crippen LogP contribution in [0.25, 0.3) is 10.4 Å². The molecule has 1 fully saturated rings. The second-order valence-corrected chi connectivity index (χ2v) is 5.65. The van der Waals surface area contributed by atoms with E-state index >= 15 is 0 Å². The smallest absolute Gasteiger partial charge is 0.338 e. The van der Waals surface area contributed by atoms with Crippen molar-refractivity contribution in [2.45, 2.75) is 32.3 Å². The molecule has 0 aromatic heterocycles. The van der Waals surface area contributed by atoms with Crippen LogP contribution in [0.2, 0.25) is 0 Å². The van der Waals surface area contributed by atoms with Crippen molar-refractivity contribution in [2.75, 3.05) is 13.7 Å². The van der Waals surface area contributed by atoms with E-state index in [1.54, 1.807) is 24.3 Å². The number of rotatable bonds is 5. The van der Waals surface area contributed by atoms with Gasteiger partial charge in [0.2, 0.25) is 0 Å². The number of benzene rings is 1. The molecule has 0 bridgehead atoms. The van der Waals surface area contributed by atoms with E-state index in [-0.39, 0.29) is 24.5 Å². The Hall–Kier alpha value is -2.08. The van der Waals surface area contributed by atoms with Gasteiger partial charge in [0.05, 0.1) is 18.2 Å². The van der Waals surface area contributed by atoms with Gasteiger partial charge in [-0.25, -0.2) is 4.79 Å². The number of nitrogens with zero attached hydrogens (tertiary/aromatic N) is 3. The lowest BCUT2D eigenvalue weighted by molar-refractivity contribution is -0.257. The minimum absolute atomic E-state index is 0.000236. The number of ether oxygens (including phenoxy) is 3. The molecular formula is C16H21N3O4. The van der Waals surface area contributed by atoms with Crippen LogP contribution in [0.1, 0.15) is 24.2 Å². The van der Waals surface area contributed by atoms with Crippen LogP contribution in [0.15, 0.2) is 35.4 Å². The van der Waals surface area contributed by atoms with Gasteiger partial charge in [-0.3, -0.25) is 0 Å².